The van der Waals surface area contributed by atoms with E-state index in [4.69, 9.17) is 18.9 Å². The normalized spacial score (nSPS) is 18.5. The number of nitrogens with zero attached hydrogens (tertiary/aromatic N) is 4. The van der Waals surface area contributed by atoms with Gasteiger partial charge >= 0.3 is 0 Å². The van der Waals surface area contributed by atoms with Crippen molar-refractivity contribution in [1.82, 2.24) is 0 Å². The molecule has 0 atom stereocenters. The Hall–Kier alpha value is -3.72. The number of rotatable bonds is 8. The summed E-state index contributed by atoms with van der Waals surface area (Å²) in [4.78, 5) is 9.43. The summed E-state index contributed by atoms with van der Waals surface area (Å²) in [7, 11) is 1.76. The van der Waals surface area contributed by atoms with Crippen LogP contribution in [-0.4, -0.2) is 86.0 Å². The second-order valence-corrected chi connectivity index (χ2v) is 10.8. The first kappa shape index (κ1) is 28.4. The molecule has 0 saturated carbocycles. The minimum Gasteiger partial charge on any atom is -0.494 e. The highest BCUT2D eigenvalue weighted by atomic mass is 16.5. The molecule has 3 aliphatic rings. The predicted octanol–water partition coefficient (Wildman–Crippen LogP) is 5.37. The van der Waals surface area contributed by atoms with Crippen molar-refractivity contribution in [2.45, 2.75) is 6.92 Å². The fourth-order valence-corrected chi connectivity index (χ4v) is 6.03. The number of benzene rings is 3. The molecule has 3 aliphatic heterocycles. The molecule has 0 N–H and O–H groups in total. The van der Waals surface area contributed by atoms with Crippen LogP contribution in [0.15, 0.2) is 78.5 Å². The van der Waals surface area contributed by atoms with Gasteiger partial charge in [-0.25, -0.2) is 0 Å². The molecule has 0 radical (unpaired) electrons. The lowest BCUT2D eigenvalue weighted by atomic mass is 10.1. The van der Waals surface area contributed by atoms with E-state index in [0.29, 0.717) is 0 Å². The van der Waals surface area contributed by atoms with Crippen LogP contribution in [0.2, 0.25) is 0 Å². The molecule has 3 heterocycles. The maximum Gasteiger partial charge on any atom is 0.145 e. The molecule has 0 spiro atoms. The average molecular weight is 571 g/mol. The highest BCUT2D eigenvalue weighted by molar-refractivity contribution is 5.78. The molecule has 42 heavy (non-hydrogen) atoms. The Kier molecular flexibility index (Phi) is 9.13. The lowest BCUT2D eigenvalue weighted by Gasteiger charge is -2.32. The van der Waals surface area contributed by atoms with Crippen LogP contribution < -0.4 is 19.6 Å². The highest BCUT2D eigenvalue weighted by Crippen LogP contribution is 2.36. The molecular formula is C34H42N4O4. The van der Waals surface area contributed by atoms with Crippen LogP contribution in [0.1, 0.15) is 12.5 Å². The molecule has 8 heteroatoms. The van der Waals surface area contributed by atoms with Crippen LogP contribution in [-0.2, 0) is 18.9 Å². The van der Waals surface area contributed by atoms with Gasteiger partial charge in [0.05, 0.1) is 52.4 Å². The van der Waals surface area contributed by atoms with Crippen molar-refractivity contribution in [3.63, 3.8) is 0 Å². The zero-order chi connectivity index (χ0) is 28.7. The zero-order valence-corrected chi connectivity index (χ0v) is 24.8. The number of morpholine rings is 3. The van der Waals surface area contributed by atoms with Crippen LogP contribution in [0, 0.1) is 0 Å². The zero-order valence-electron chi connectivity index (χ0n) is 24.8. The summed E-state index contributed by atoms with van der Waals surface area (Å²) in [6, 6.07) is 26.4. The third-order valence-corrected chi connectivity index (χ3v) is 8.34. The van der Waals surface area contributed by atoms with Crippen LogP contribution in [0.4, 0.5) is 28.4 Å². The first-order valence-electron chi connectivity index (χ1n) is 15.0. The minimum absolute atomic E-state index is 0.771. The molecule has 0 aliphatic carbocycles. The van der Waals surface area contributed by atoms with Gasteiger partial charge in [-0.3, -0.25) is 0 Å². The number of hydrogen-bond donors (Lipinski definition) is 0. The van der Waals surface area contributed by atoms with Crippen molar-refractivity contribution in [2.75, 3.05) is 106 Å². The van der Waals surface area contributed by atoms with Crippen LogP contribution in [0.3, 0.4) is 0 Å². The maximum atomic E-state index is 6.11. The second-order valence-electron chi connectivity index (χ2n) is 10.8. The van der Waals surface area contributed by atoms with Crippen LogP contribution >= 0.6 is 0 Å². The average Bonchev–Trinajstić information content (AvgIpc) is 3.07. The molecule has 0 bridgehead atoms. The van der Waals surface area contributed by atoms with Crippen molar-refractivity contribution in [3.8, 4) is 0 Å². The molecule has 6 rings (SSSR count). The molecule has 222 valence electrons. The van der Waals surface area contributed by atoms with Gasteiger partial charge in [0.1, 0.15) is 5.76 Å². The van der Waals surface area contributed by atoms with E-state index in [2.05, 4.69) is 99.3 Å². The van der Waals surface area contributed by atoms with E-state index in [1.807, 2.05) is 0 Å². The Morgan fingerprint density at radius 1 is 0.548 bits per heavy atom. The quantitative estimate of drug-likeness (QED) is 0.335. The van der Waals surface area contributed by atoms with Gasteiger partial charge < -0.3 is 38.5 Å². The monoisotopic (exact) mass is 570 g/mol. The topological polar surface area (TPSA) is 49.9 Å². The van der Waals surface area contributed by atoms with Crippen LogP contribution in [0.5, 0.6) is 0 Å². The molecule has 3 fully saturated rings. The fraction of sp³-hybridized carbons (Fsp3) is 0.412. The van der Waals surface area contributed by atoms with Gasteiger partial charge in [-0.15, -0.1) is 0 Å². The molecule has 3 aromatic carbocycles. The summed E-state index contributed by atoms with van der Waals surface area (Å²) in [5.41, 5.74) is 7.89. The van der Waals surface area contributed by atoms with Crippen molar-refractivity contribution >= 4 is 34.2 Å². The van der Waals surface area contributed by atoms with E-state index in [0.717, 1.165) is 107 Å². The molecule has 0 amide bonds. The summed E-state index contributed by atoms with van der Waals surface area (Å²) in [6.45, 7) is 12.3. The van der Waals surface area contributed by atoms with E-state index < -0.39 is 0 Å². The third kappa shape index (κ3) is 6.36. The highest BCUT2D eigenvalue weighted by Gasteiger charge is 2.20. The third-order valence-electron chi connectivity index (χ3n) is 8.34. The van der Waals surface area contributed by atoms with Crippen molar-refractivity contribution in [1.29, 1.82) is 0 Å². The van der Waals surface area contributed by atoms with Gasteiger partial charge in [-0.05, 0) is 79.7 Å². The van der Waals surface area contributed by atoms with Gasteiger partial charge in [0.15, 0.2) is 0 Å². The Balaban J connectivity index is 1.33. The maximum absolute atomic E-state index is 6.11. The summed E-state index contributed by atoms with van der Waals surface area (Å²) < 4.78 is 22.8. The van der Waals surface area contributed by atoms with Gasteiger partial charge in [0.25, 0.3) is 0 Å². The molecule has 0 unspecified atom stereocenters. The Bertz CT molecular complexity index is 1250. The Morgan fingerprint density at radius 2 is 0.881 bits per heavy atom. The van der Waals surface area contributed by atoms with Crippen molar-refractivity contribution < 1.29 is 18.9 Å². The van der Waals surface area contributed by atoms with Gasteiger partial charge in [-0.1, -0.05) is 0 Å². The summed E-state index contributed by atoms with van der Waals surface area (Å²) in [5, 5.41) is 0. The number of anilines is 5. The summed E-state index contributed by atoms with van der Waals surface area (Å²) >= 11 is 0. The predicted molar refractivity (Wildman–Crippen MR) is 170 cm³/mol. The van der Waals surface area contributed by atoms with E-state index in [-0.39, 0.29) is 0 Å². The standard InChI is InChI=1S/C34H42N4O4/c1-27(34(39-2)28-3-5-29(6-4-28)35-15-21-40-22-16-35)38(32-11-7-30(8-12-32)36-17-23-41-24-18-36)33-13-9-31(10-14-33)37-19-25-42-26-20-37/h3-14H,15-26H2,1-2H3/b34-27-. The second kappa shape index (κ2) is 13.5. The van der Waals surface area contributed by atoms with E-state index in [1.165, 1.54) is 17.1 Å². The number of hydrogen-bond acceptors (Lipinski definition) is 8. The van der Waals surface area contributed by atoms with E-state index in [9.17, 15) is 0 Å². The van der Waals surface area contributed by atoms with E-state index >= 15 is 0 Å². The number of ether oxygens (including phenoxy) is 4. The number of allylic oxidation sites excluding steroid dienone is 1. The summed E-state index contributed by atoms with van der Waals surface area (Å²) in [5.74, 6) is 0.845. The first-order valence-corrected chi connectivity index (χ1v) is 15.0. The molecule has 3 aromatic rings. The van der Waals surface area contributed by atoms with Crippen LogP contribution in [0.25, 0.3) is 5.76 Å². The van der Waals surface area contributed by atoms with Gasteiger partial charge in [0, 0.05) is 73.3 Å². The Labute approximate surface area is 249 Å². The lowest BCUT2D eigenvalue weighted by Crippen LogP contribution is -2.36. The minimum atomic E-state index is 0.771. The van der Waals surface area contributed by atoms with Crippen molar-refractivity contribution in [2.24, 2.45) is 0 Å². The lowest BCUT2D eigenvalue weighted by molar-refractivity contribution is 0.122. The SMILES string of the molecule is CO/C(=C(/C)N(c1ccc(N2CCOCC2)cc1)c1ccc(N2CCOCC2)cc1)c1ccc(N2CCOCC2)cc1. The summed E-state index contributed by atoms with van der Waals surface area (Å²) in [6.07, 6.45) is 0. The smallest absolute Gasteiger partial charge is 0.145 e. The molecular weight excluding hydrogens is 528 g/mol. The van der Waals surface area contributed by atoms with Gasteiger partial charge in [-0.2, -0.15) is 0 Å². The number of methoxy groups -OCH3 is 1. The molecule has 8 nitrogen and oxygen atoms in total. The van der Waals surface area contributed by atoms with Gasteiger partial charge in [0.2, 0.25) is 0 Å². The largest absolute Gasteiger partial charge is 0.494 e. The first-order chi connectivity index (χ1) is 20.7. The van der Waals surface area contributed by atoms with Crippen molar-refractivity contribution in [3.05, 3.63) is 84.1 Å². The van der Waals surface area contributed by atoms with E-state index in [1.54, 1.807) is 7.11 Å². The fourth-order valence-electron chi connectivity index (χ4n) is 6.03. The molecule has 3 saturated heterocycles. The Morgan fingerprint density at radius 3 is 1.21 bits per heavy atom. The molecule has 0 aromatic heterocycles.